The lowest BCUT2D eigenvalue weighted by Gasteiger charge is -2.47. The van der Waals surface area contributed by atoms with Crippen LogP contribution >= 0.6 is 0 Å². The molecule has 0 aromatic carbocycles. The van der Waals surface area contributed by atoms with Gasteiger partial charge in [0.15, 0.2) is 0 Å². The number of rotatable bonds is 3. The lowest BCUT2D eigenvalue weighted by atomic mass is 9.77. The van der Waals surface area contributed by atoms with Gasteiger partial charge in [-0.15, -0.1) is 0 Å². The number of β-amino-alcohol motifs (C(OH)–C–C–N with tert-alkyl or cyclic N) is 1. The van der Waals surface area contributed by atoms with Gasteiger partial charge < -0.3 is 15.3 Å². The topological polar surface area (TPSA) is 63.9 Å². The maximum absolute atomic E-state index is 10.2. The van der Waals surface area contributed by atoms with Crippen molar-refractivity contribution in [1.29, 1.82) is 0 Å². The number of nitrogens with zero attached hydrogens (tertiary/aromatic N) is 1. The number of aliphatic hydroxyl groups is 3. The summed E-state index contributed by atoms with van der Waals surface area (Å²) >= 11 is 0. The second kappa shape index (κ2) is 4.61. The van der Waals surface area contributed by atoms with Crippen LogP contribution in [0.2, 0.25) is 0 Å². The number of piperidine rings is 1. The third-order valence-electron chi connectivity index (χ3n) is 4.29. The van der Waals surface area contributed by atoms with Crippen molar-refractivity contribution in [2.75, 3.05) is 13.1 Å². The quantitative estimate of drug-likeness (QED) is 0.642. The summed E-state index contributed by atoms with van der Waals surface area (Å²) < 4.78 is 0. The Hall–Kier alpha value is -0.160. The zero-order valence-electron chi connectivity index (χ0n) is 9.97. The Morgan fingerprint density at radius 1 is 1.31 bits per heavy atom. The van der Waals surface area contributed by atoms with Crippen LogP contribution in [0.5, 0.6) is 0 Å². The average Bonchev–Trinajstić information content (AvgIpc) is 2.52. The van der Waals surface area contributed by atoms with E-state index in [1.807, 2.05) is 0 Å². The molecule has 0 saturated carbocycles. The van der Waals surface area contributed by atoms with E-state index >= 15 is 0 Å². The predicted molar refractivity (Wildman–Crippen MR) is 61.1 cm³/mol. The normalized spacial score (nSPS) is 44.6. The minimum atomic E-state index is -0.797. The van der Waals surface area contributed by atoms with Crippen molar-refractivity contribution in [2.45, 2.75) is 62.9 Å². The van der Waals surface area contributed by atoms with Crippen LogP contribution in [0.3, 0.4) is 0 Å². The van der Waals surface area contributed by atoms with Gasteiger partial charge in [0.25, 0.3) is 0 Å². The van der Waals surface area contributed by atoms with Crippen molar-refractivity contribution in [2.24, 2.45) is 0 Å². The molecule has 0 aromatic rings. The smallest absolute Gasteiger partial charge is 0.102 e. The van der Waals surface area contributed by atoms with E-state index in [9.17, 15) is 15.3 Å². The highest BCUT2D eigenvalue weighted by molar-refractivity contribution is 5.12. The molecule has 4 atom stereocenters. The Labute approximate surface area is 96.9 Å². The highest BCUT2D eigenvalue weighted by Gasteiger charge is 2.57. The fourth-order valence-corrected chi connectivity index (χ4v) is 3.38. The molecule has 0 amide bonds. The second-order valence-corrected chi connectivity index (χ2v) is 5.21. The Morgan fingerprint density at radius 3 is 2.75 bits per heavy atom. The van der Waals surface area contributed by atoms with Gasteiger partial charge in [0.2, 0.25) is 0 Å². The SMILES string of the molecule is CCCC[C@]12[C@H](O)CCCN1C[C@@H](O)[C@H]2O. The van der Waals surface area contributed by atoms with Crippen molar-refractivity contribution in [1.82, 2.24) is 4.90 Å². The first-order valence-electron chi connectivity index (χ1n) is 6.42. The maximum atomic E-state index is 10.2. The van der Waals surface area contributed by atoms with E-state index in [1.54, 1.807) is 0 Å². The molecule has 16 heavy (non-hydrogen) atoms. The van der Waals surface area contributed by atoms with Crippen LogP contribution < -0.4 is 0 Å². The minimum absolute atomic E-state index is 0.500. The zero-order valence-corrected chi connectivity index (χ0v) is 9.97. The lowest BCUT2D eigenvalue weighted by molar-refractivity contribution is -0.105. The summed E-state index contributed by atoms with van der Waals surface area (Å²) in [5, 5.41) is 30.2. The van der Waals surface area contributed by atoms with Crippen LogP contribution in [0.1, 0.15) is 39.0 Å². The summed E-state index contributed by atoms with van der Waals surface area (Å²) in [6.07, 6.45) is 2.50. The molecule has 94 valence electrons. The molecule has 0 spiro atoms. The molecule has 3 N–H and O–H groups in total. The summed E-state index contributed by atoms with van der Waals surface area (Å²) in [5.74, 6) is 0. The summed E-state index contributed by atoms with van der Waals surface area (Å²) in [4.78, 5) is 2.10. The fourth-order valence-electron chi connectivity index (χ4n) is 3.38. The molecule has 4 nitrogen and oxygen atoms in total. The number of unbranched alkanes of at least 4 members (excludes halogenated alkanes) is 1. The van der Waals surface area contributed by atoms with Crippen LogP contribution in [0.4, 0.5) is 0 Å². The third-order valence-corrected chi connectivity index (χ3v) is 4.29. The molecule has 0 radical (unpaired) electrons. The molecule has 2 aliphatic heterocycles. The van der Waals surface area contributed by atoms with Crippen LogP contribution in [0.15, 0.2) is 0 Å². The Balaban J connectivity index is 2.23. The van der Waals surface area contributed by atoms with Gasteiger partial charge in [0.05, 0.1) is 17.7 Å². The highest BCUT2D eigenvalue weighted by Crippen LogP contribution is 2.41. The molecule has 2 heterocycles. The van der Waals surface area contributed by atoms with E-state index < -0.39 is 23.9 Å². The van der Waals surface area contributed by atoms with Gasteiger partial charge in [-0.3, -0.25) is 4.90 Å². The van der Waals surface area contributed by atoms with E-state index in [0.717, 1.165) is 38.6 Å². The lowest BCUT2D eigenvalue weighted by Crippen LogP contribution is -2.62. The monoisotopic (exact) mass is 229 g/mol. The zero-order chi connectivity index (χ0) is 11.8. The van der Waals surface area contributed by atoms with Crippen LogP contribution in [-0.2, 0) is 0 Å². The summed E-state index contributed by atoms with van der Waals surface area (Å²) in [7, 11) is 0. The number of aliphatic hydroxyl groups excluding tert-OH is 3. The predicted octanol–water partition coefficient (Wildman–Crippen LogP) is 0.107. The van der Waals surface area contributed by atoms with Crippen molar-refractivity contribution in [3.05, 3.63) is 0 Å². The third kappa shape index (κ3) is 1.68. The number of hydrogen-bond donors (Lipinski definition) is 3. The second-order valence-electron chi connectivity index (χ2n) is 5.21. The molecule has 2 saturated heterocycles. The maximum Gasteiger partial charge on any atom is 0.102 e. The highest BCUT2D eigenvalue weighted by atomic mass is 16.3. The first kappa shape index (κ1) is 12.3. The van der Waals surface area contributed by atoms with E-state index in [1.165, 1.54) is 0 Å². The average molecular weight is 229 g/mol. The van der Waals surface area contributed by atoms with E-state index in [4.69, 9.17) is 0 Å². The van der Waals surface area contributed by atoms with Crippen molar-refractivity contribution in [3.8, 4) is 0 Å². The Kier molecular flexibility index (Phi) is 3.54. The van der Waals surface area contributed by atoms with Crippen LogP contribution in [0.25, 0.3) is 0 Å². The summed E-state index contributed by atoms with van der Waals surface area (Å²) in [6, 6.07) is 0. The standard InChI is InChI=1S/C12H23NO3/c1-2-3-6-12-10(15)5-4-7-13(12)8-9(14)11(12)16/h9-11,14-16H,2-8H2,1H3/t9-,10-,11-,12-/m1/s1. The largest absolute Gasteiger partial charge is 0.391 e. The van der Waals surface area contributed by atoms with E-state index in [-0.39, 0.29) is 0 Å². The molecule has 0 aromatic heterocycles. The first-order valence-corrected chi connectivity index (χ1v) is 6.42. The van der Waals surface area contributed by atoms with Gasteiger partial charge >= 0.3 is 0 Å². The Bertz CT molecular complexity index is 248. The number of hydrogen-bond acceptors (Lipinski definition) is 4. The van der Waals surface area contributed by atoms with Gasteiger partial charge in [-0.25, -0.2) is 0 Å². The summed E-state index contributed by atoms with van der Waals surface area (Å²) in [6.45, 7) is 3.49. The fraction of sp³-hybridized carbons (Fsp3) is 1.00. The van der Waals surface area contributed by atoms with Gasteiger partial charge in [-0.05, 0) is 25.8 Å². The molecule has 0 aliphatic carbocycles. The molecular formula is C12H23NO3. The van der Waals surface area contributed by atoms with Gasteiger partial charge in [0.1, 0.15) is 6.10 Å². The van der Waals surface area contributed by atoms with E-state index in [2.05, 4.69) is 11.8 Å². The molecular weight excluding hydrogens is 206 g/mol. The summed E-state index contributed by atoms with van der Waals surface area (Å²) in [5.41, 5.74) is -0.576. The van der Waals surface area contributed by atoms with Crippen molar-refractivity contribution < 1.29 is 15.3 Å². The molecule has 0 unspecified atom stereocenters. The van der Waals surface area contributed by atoms with Gasteiger partial charge in [-0.2, -0.15) is 0 Å². The van der Waals surface area contributed by atoms with Crippen molar-refractivity contribution >= 4 is 0 Å². The molecule has 4 heteroatoms. The molecule has 2 rings (SSSR count). The van der Waals surface area contributed by atoms with Gasteiger partial charge in [0, 0.05) is 6.54 Å². The molecule has 2 aliphatic rings. The number of fused-ring (bicyclic) bond motifs is 1. The minimum Gasteiger partial charge on any atom is -0.391 e. The van der Waals surface area contributed by atoms with E-state index in [0.29, 0.717) is 6.54 Å². The van der Waals surface area contributed by atoms with Crippen molar-refractivity contribution in [3.63, 3.8) is 0 Å². The molecule has 0 bridgehead atoms. The van der Waals surface area contributed by atoms with Crippen LogP contribution in [0, 0.1) is 0 Å². The Morgan fingerprint density at radius 2 is 2.06 bits per heavy atom. The molecule has 2 fully saturated rings. The first-order chi connectivity index (χ1) is 7.63. The van der Waals surface area contributed by atoms with Crippen LogP contribution in [-0.4, -0.2) is 57.2 Å². The van der Waals surface area contributed by atoms with Gasteiger partial charge in [-0.1, -0.05) is 19.8 Å².